The Bertz CT molecular complexity index is 1650. The van der Waals surface area contributed by atoms with E-state index in [1.807, 2.05) is 18.2 Å². The zero-order valence-electron chi connectivity index (χ0n) is 29.0. The molecule has 48 heavy (non-hydrogen) atoms. The summed E-state index contributed by atoms with van der Waals surface area (Å²) >= 11 is 0. The van der Waals surface area contributed by atoms with E-state index < -0.39 is 0 Å². The average Bonchev–Trinajstić information content (AvgIpc) is 3.45. The Morgan fingerprint density at radius 1 is 0.646 bits per heavy atom. The number of hydrogen-bond donors (Lipinski definition) is 0. The molecule has 4 aromatic rings. The summed E-state index contributed by atoms with van der Waals surface area (Å²) in [6.45, 7) is 12.3. The molecule has 8 heteroatoms. The van der Waals surface area contributed by atoms with Crippen molar-refractivity contribution in [2.75, 3.05) is 72.1 Å². The van der Waals surface area contributed by atoms with Gasteiger partial charge in [-0.2, -0.15) is 0 Å². The van der Waals surface area contributed by atoms with E-state index in [1.54, 1.807) is 0 Å². The molecule has 0 saturated carbocycles. The van der Waals surface area contributed by atoms with E-state index >= 15 is 0 Å². The van der Waals surface area contributed by atoms with E-state index in [4.69, 9.17) is 14.5 Å². The minimum absolute atomic E-state index is 0.253. The molecule has 5 heterocycles. The first-order valence-corrected chi connectivity index (χ1v) is 19.1. The maximum absolute atomic E-state index is 13.3. The second kappa shape index (κ2) is 16.5. The topological polar surface area (TPSA) is 63.1 Å². The molecule has 3 fully saturated rings. The van der Waals surface area contributed by atoms with Crippen LogP contribution in [0.2, 0.25) is 0 Å². The lowest BCUT2D eigenvalue weighted by atomic mass is 10.1. The number of benzene rings is 2. The predicted molar refractivity (Wildman–Crippen MR) is 195 cm³/mol. The SMILES string of the molecule is O=C(OCCCN1CCCCC1)c1ccc2c(c1)c1nc3ccccc3c(OCCCN3CCCCC3)c1n2CCCN1CCCCC1. The Balaban J connectivity index is 1.16. The van der Waals surface area contributed by atoms with E-state index in [0.29, 0.717) is 18.8 Å². The number of likely N-dealkylation sites (tertiary alicyclic amines) is 3. The Labute approximate surface area is 286 Å². The monoisotopic (exact) mass is 653 g/mol. The summed E-state index contributed by atoms with van der Waals surface area (Å²) in [5.74, 6) is 0.668. The summed E-state index contributed by atoms with van der Waals surface area (Å²) in [5, 5.41) is 2.05. The van der Waals surface area contributed by atoms with Crippen LogP contribution in [-0.2, 0) is 11.3 Å². The fourth-order valence-electron chi connectivity index (χ4n) is 8.20. The van der Waals surface area contributed by atoms with Crippen LogP contribution in [0.5, 0.6) is 5.75 Å². The van der Waals surface area contributed by atoms with Gasteiger partial charge in [0.25, 0.3) is 0 Å². The van der Waals surface area contributed by atoms with Gasteiger partial charge >= 0.3 is 5.97 Å². The third-order valence-corrected chi connectivity index (χ3v) is 10.8. The molecule has 3 aliphatic rings. The highest BCUT2D eigenvalue weighted by Gasteiger charge is 2.22. The minimum atomic E-state index is -0.253. The number of carbonyl (C=O) groups is 1. The molecule has 8 nitrogen and oxygen atoms in total. The van der Waals surface area contributed by atoms with Crippen LogP contribution in [0.1, 0.15) is 87.4 Å². The zero-order chi connectivity index (χ0) is 32.5. The number of hydrogen-bond acceptors (Lipinski definition) is 7. The van der Waals surface area contributed by atoms with Crippen LogP contribution in [-0.4, -0.2) is 102 Å². The molecule has 0 unspecified atom stereocenters. The van der Waals surface area contributed by atoms with Gasteiger partial charge in [0.15, 0.2) is 5.75 Å². The lowest BCUT2D eigenvalue weighted by Gasteiger charge is -2.26. The van der Waals surface area contributed by atoms with E-state index in [2.05, 4.69) is 43.5 Å². The predicted octanol–water partition coefficient (Wildman–Crippen LogP) is 7.51. The fourth-order valence-corrected chi connectivity index (χ4v) is 8.20. The van der Waals surface area contributed by atoms with Gasteiger partial charge in [0, 0.05) is 30.4 Å². The van der Waals surface area contributed by atoms with Crippen molar-refractivity contribution in [1.29, 1.82) is 0 Å². The molecule has 0 bridgehead atoms. The average molecular weight is 654 g/mol. The standard InChI is InChI=1S/C40H55N5O3/c46-40(48-30-14-27-44-23-10-3-11-24-44)32-17-18-36-34(31-32)37-38(45(36)28-12-25-42-19-6-1-7-20-42)39(33-15-4-5-16-35(33)41-37)47-29-13-26-43-21-8-2-9-22-43/h4-5,15-18,31H,1-3,6-14,19-30H2. The van der Waals surface area contributed by atoms with Crippen LogP contribution in [0.15, 0.2) is 42.5 Å². The number of aromatic nitrogens is 2. The molecule has 0 aliphatic carbocycles. The van der Waals surface area contributed by atoms with Crippen molar-refractivity contribution in [2.24, 2.45) is 0 Å². The van der Waals surface area contributed by atoms with Crippen molar-refractivity contribution in [1.82, 2.24) is 24.3 Å². The van der Waals surface area contributed by atoms with Gasteiger partial charge in [0.2, 0.25) is 0 Å². The van der Waals surface area contributed by atoms with E-state index in [1.165, 1.54) is 97.1 Å². The molecular formula is C40H55N5O3. The third kappa shape index (κ3) is 7.98. The fraction of sp³-hybridized carbons (Fsp3) is 0.600. The van der Waals surface area contributed by atoms with E-state index in [-0.39, 0.29) is 5.97 Å². The second-order valence-corrected chi connectivity index (χ2v) is 14.3. The Kier molecular flexibility index (Phi) is 11.4. The molecule has 2 aromatic heterocycles. The number of carbonyl (C=O) groups excluding carboxylic acids is 1. The smallest absolute Gasteiger partial charge is 0.338 e. The molecule has 0 amide bonds. The number of fused-ring (bicyclic) bond motifs is 4. The first kappa shape index (κ1) is 33.3. The summed E-state index contributed by atoms with van der Waals surface area (Å²) in [6, 6.07) is 14.4. The molecular weight excluding hydrogens is 598 g/mol. The Hall–Kier alpha value is -3.20. The highest BCUT2D eigenvalue weighted by atomic mass is 16.5. The summed E-state index contributed by atoms with van der Waals surface area (Å²) < 4.78 is 15.0. The largest absolute Gasteiger partial charge is 0.491 e. The zero-order valence-corrected chi connectivity index (χ0v) is 29.0. The normalized spacial score (nSPS) is 18.6. The number of pyridine rings is 1. The lowest BCUT2D eigenvalue weighted by Crippen LogP contribution is -2.31. The van der Waals surface area contributed by atoms with Gasteiger partial charge in [-0.05, 0) is 134 Å². The van der Waals surface area contributed by atoms with Gasteiger partial charge < -0.3 is 28.7 Å². The first-order chi connectivity index (χ1) is 23.7. The summed E-state index contributed by atoms with van der Waals surface area (Å²) in [5.41, 5.74) is 4.58. The highest BCUT2D eigenvalue weighted by Crippen LogP contribution is 2.39. The van der Waals surface area contributed by atoms with Crippen molar-refractivity contribution in [3.05, 3.63) is 48.0 Å². The van der Waals surface area contributed by atoms with Crippen LogP contribution in [0, 0.1) is 0 Å². The number of aryl methyl sites for hydroxylation is 1. The molecule has 258 valence electrons. The van der Waals surface area contributed by atoms with Crippen molar-refractivity contribution >= 4 is 38.8 Å². The van der Waals surface area contributed by atoms with Crippen LogP contribution >= 0.6 is 0 Å². The Morgan fingerprint density at radius 3 is 1.92 bits per heavy atom. The number of ether oxygens (including phenoxy) is 2. The van der Waals surface area contributed by atoms with Gasteiger partial charge in [-0.1, -0.05) is 31.4 Å². The maximum atomic E-state index is 13.3. The Morgan fingerprint density at radius 2 is 1.25 bits per heavy atom. The molecule has 2 aromatic carbocycles. The van der Waals surface area contributed by atoms with E-state index in [9.17, 15) is 4.79 Å². The van der Waals surface area contributed by atoms with Gasteiger partial charge in [-0.3, -0.25) is 0 Å². The molecule has 3 aliphatic heterocycles. The lowest BCUT2D eigenvalue weighted by molar-refractivity contribution is 0.0485. The number of esters is 1. The maximum Gasteiger partial charge on any atom is 0.338 e. The highest BCUT2D eigenvalue weighted by molar-refractivity contribution is 6.14. The van der Waals surface area contributed by atoms with Crippen molar-refractivity contribution in [2.45, 2.75) is 83.6 Å². The van der Waals surface area contributed by atoms with Crippen LogP contribution < -0.4 is 4.74 Å². The number of para-hydroxylation sites is 1. The second-order valence-electron chi connectivity index (χ2n) is 14.3. The van der Waals surface area contributed by atoms with Crippen molar-refractivity contribution in [3.8, 4) is 5.75 Å². The number of rotatable bonds is 14. The quantitative estimate of drug-likeness (QED) is 0.103. The van der Waals surface area contributed by atoms with Gasteiger partial charge in [-0.15, -0.1) is 0 Å². The molecule has 7 rings (SSSR count). The molecule has 0 spiro atoms. The minimum Gasteiger partial charge on any atom is -0.491 e. The summed E-state index contributed by atoms with van der Waals surface area (Å²) in [6.07, 6.45) is 14.7. The van der Waals surface area contributed by atoms with Crippen molar-refractivity contribution in [3.63, 3.8) is 0 Å². The van der Waals surface area contributed by atoms with Gasteiger partial charge in [0.1, 0.15) is 11.0 Å². The number of nitrogens with zero attached hydrogens (tertiary/aromatic N) is 5. The summed E-state index contributed by atoms with van der Waals surface area (Å²) in [4.78, 5) is 26.2. The van der Waals surface area contributed by atoms with Gasteiger partial charge in [-0.25, -0.2) is 9.78 Å². The van der Waals surface area contributed by atoms with Gasteiger partial charge in [0.05, 0.1) is 29.8 Å². The molecule has 0 N–H and O–H groups in total. The molecule has 0 atom stereocenters. The van der Waals surface area contributed by atoms with Crippen LogP contribution in [0.4, 0.5) is 0 Å². The van der Waals surface area contributed by atoms with Crippen LogP contribution in [0.3, 0.4) is 0 Å². The van der Waals surface area contributed by atoms with Crippen molar-refractivity contribution < 1.29 is 14.3 Å². The number of piperidine rings is 3. The third-order valence-electron chi connectivity index (χ3n) is 10.8. The van der Waals surface area contributed by atoms with E-state index in [0.717, 1.165) is 84.0 Å². The molecule has 0 radical (unpaired) electrons. The molecule has 3 saturated heterocycles. The van der Waals surface area contributed by atoms with Crippen LogP contribution in [0.25, 0.3) is 32.8 Å². The summed E-state index contributed by atoms with van der Waals surface area (Å²) in [7, 11) is 0. The first-order valence-electron chi connectivity index (χ1n) is 19.1.